The molecule has 2 fully saturated rings. The zero-order valence-corrected chi connectivity index (χ0v) is 13.5. The number of rotatable bonds is 8. The molecular formula is C16H29NO4. The van der Waals surface area contributed by atoms with Gasteiger partial charge in [0.05, 0.1) is 24.9 Å². The fourth-order valence-corrected chi connectivity index (χ4v) is 2.88. The summed E-state index contributed by atoms with van der Waals surface area (Å²) in [5.74, 6) is -0.151. The average Bonchev–Trinajstić information content (AvgIpc) is 3.20. The van der Waals surface area contributed by atoms with E-state index in [2.05, 4.69) is 19.2 Å². The first-order chi connectivity index (χ1) is 10.1. The van der Waals surface area contributed by atoms with Gasteiger partial charge in [0.2, 0.25) is 0 Å². The van der Waals surface area contributed by atoms with Crippen LogP contribution in [-0.4, -0.2) is 49.6 Å². The summed E-state index contributed by atoms with van der Waals surface area (Å²) in [4.78, 5) is 11.9. The molecule has 5 heteroatoms. The van der Waals surface area contributed by atoms with Crippen LogP contribution in [0.25, 0.3) is 0 Å². The average molecular weight is 299 g/mol. The van der Waals surface area contributed by atoms with Crippen molar-refractivity contribution in [2.45, 2.75) is 83.3 Å². The number of nitrogens with one attached hydrogen (secondary N) is 1. The van der Waals surface area contributed by atoms with E-state index in [4.69, 9.17) is 14.2 Å². The minimum absolute atomic E-state index is 0.151. The molecule has 1 saturated carbocycles. The molecule has 1 saturated heterocycles. The van der Waals surface area contributed by atoms with Crippen LogP contribution in [0.5, 0.6) is 0 Å². The highest BCUT2D eigenvalue weighted by Gasteiger charge is 2.30. The minimum Gasteiger partial charge on any atom is -0.465 e. The molecule has 3 atom stereocenters. The smallest absolute Gasteiger partial charge is 0.323 e. The second-order valence-electron chi connectivity index (χ2n) is 6.26. The summed E-state index contributed by atoms with van der Waals surface area (Å²) in [5, 5.41) is 3.35. The fraction of sp³-hybridized carbons (Fsp3) is 0.938. The Hall–Kier alpha value is -0.650. The van der Waals surface area contributed by atoms with Gasteiger partial charge in [0.25, 0.3) is 0 Å². The Balaban J connectivity index is 1.71. The van der Waals surface area contributed by atoms with Gasteiger partial charge in [0.15, 0.2) is 0 Å². The summed E-state index contributed by atoms with van der Waals surface area (Å²) < 4.78 is 16.8. The number of hydrogen-bond acceptors (Lipinski definition) is 5. The van der Waals surface area contributed by atoms with Gasteiger partial charge >= 0.3 is 5.97 Å². The van der Waals surface area contributed by atoms with E-state index < -0.39 is 0 Å². The van der Waals surface area contributed by atoms with Crippen molar-refractivity contribution in [2.75, 3.05) is 13.2 Å². The van der Waals surface area contributed by atoms with Gasteiger partial charge in [-0.1, -0.05) is 0 Å². The van der Waals surface area contributed by atoms with Crippen molar-refractivity contribution >= 4 is 5.97 Å². The Morgan fingerprint density at radius 1 is 1.29 bits per heavy atom. The summed E-state index contributed by atoms with van der Waals surface area (Å²) >= 11 is 0. The van der Waals surface area contributed by atoms with Gasteiger partial charge in [-0.2, -0.15) is 0 Å². The number of carbonyl (C=O) groups excluding carboxylic acids is 1. The number of ether oxygens (including phenoxy) is 3. The molecule has 122 valence electrons. The van der Waals surface area contributed by atoms with Crippen LogP contribution in [0.2, 0.25) is 0 Å². The fourth-order valence-electron chi connectivity index (χ4n) is 2.88. The highest BCUT2D eigenvalue weighted by molar-refractivity contribution is 5.75. The van der Waals surface area contributed by atoms with Crippen LogP contribution in [0.15, 0.2) is 0 Å². The third-order valence-electron chi connectivity index (χ3n) is 4.00. The molecule has 0 spiro atoms. The van der Waals surface area contributed by atoms with Crippen molar-refractivity contribution in [3.63, 3.8) is 0 Å². The van der Waals surface area contributed by atoms with E-state index in [-0.39, 0.29) is 30.3 Å². The SMILES string of the molecule is CCOC(=O)C(CCOC1CC(C)OC(C)C1)NC1CC1. The lowest BCUT2D eigenvalue weighted by Gasteiger charge is -2.32. The molecule has 0 radical (unpaired) electrons. The predicted octanol–water partition coefficient (Wildman–Crippen LogP) is 2.03. The highest BCUT2D eigenvalue weighted by Crippen LogP contribution is 2.23. The molecule has 0 bridgehead atoms. The van der Waals surface area contributed by atoms with Gasteiger partial charge in [-0.3, -0.25) is 4.79 Å². The zero-order chi connectivity index (χ0) is 15.2. The van der Waals surface area contributed by atoms with Crippen molar-refractivity contribution in [2.24, 2.45) is 0 Å². The zero-order valence-electron chi connectivity index (χ0n) is 13.5. The molecule has 1 aliphatic heterocycles. The normalized spacial score (nSPS) is 30.9. The first-order valence-electron chi connectivity index (χ1n) is 8.28. The predicted molar refractivity (Wildman–Crippen MR) is 80.2 cm³/mol. The Morgan fingerprint density at radius 3 is 2.52 bits per heavy atom. The molecule has 0 aromatic heterocycles. The van der Waals surface area contributed by atoms with E-state index >= 15 is 0 Å². The van der Waals surface area contributed by atoms with Gasteiger partial charge in [-0.15, -0.1) is 0 Å². The lowest BCUT2D eigenvalue weighted by Crippen LogP contribution is -2.41. The summed E-state index contributed by atoms with van der Waals surface area (Å²) in [6.07, 6.45) is 5.61. The van der Waals surface area contributed by atoms with Crippen LogP contribution < -0.4 is 5.32 Å². The second kappa shape index (κ2) is 8.11. The summed E-state index contributed by atoms with van der Waals surface area (Å²) in [6.45, 7) is 7.03. The number of esters is 1. The van der Waals surface area contributed by atoms with Gasteiger partial charge in [-0.05, 0) is 52.9 Å². The van der Waals surface area contributed by atoms with Crippen LogP contribution in [0.4, 0.5) is 0 Å². The van der Waals surface area contributed by atoms with Crippen molar-refractivity contribution < 1.29 is 19.0 Å². The van der Waals surface area contributed by atoms with E-state index in [9.17, 15) is 4.79 Å². The van der Waals surface area contributed by atoms with Crippen molar-refractivity contribution in [3.8, 4) is 0 Å². The topological polar surface area (TPSA) is 56.8 Å². The standard InChI is InChI=1S/C16H29NO4/c1-4-19-16(18)15(17-13-5-6-13)7-8-20-14-9-11(2)21-12(3)10-14/h11-15,17H,4-10H2,1-3H3. The maximum atomic E-state index is 11.9. The van der Waals surface area contributed by atoms with Crippen LogP contribution >= 0.6 is 0 Å². The van der Waals surface area contributed by atoms with Crippen LogP contribution in [0.1, 0.15) is 52.9 Å². The van der Waals surface area contributed by atoms with Crippen LogP contribution in [-0.2, 0) is 19.0 Å². The van der Waals surface area contributed by atoms with E-state index in [1.54, 1.807) is 0 Å². The molecule has 0 amide bonds. The second-order valence-corrected chi connectivity index (χ2v) is 6.26. The Bertz CT molecular complexity index is 322. The Kier molecular flexibility index (Phi) is 6.45. The molecule has 2 rings (SSSR count). The first kappa shape index (κ1) is 16.7. The molecular weight excluding hydrogens is 270 g/mol. The maximum absolute atomic E-state index is 11.9. The molecule has 1 N–H and O–H groups in total. The quantitative estimate of drug-likeness (QED) is 0.695. The largest absolute Gasteiger partial charge is 0.465 e. The third kappa shape index (κ3) is 5.93. The van der Waals surface area contributed by atoms with Crippen molar-refractivity contribution in [1.29, 1.82) is 0 Å². The summed E-state index contributed by atoms with van der Waals surface area (Å²) in [5.41, 5.74) is 0. The monoisotopic (exact) mass is 299 g/mol. The molecule has 3 unspecified atom stereocenters. The molecule has 5 nitrogen and oxygen atoms in total. The summed E-state index contributed by atoms with van der Waals surface area (Å²) in [7, 11) is 0. The van der Waals surface area contributed by atoms with Crippen molar-refractivity contribution in [1.82, 2.24) is 5.32 Å². The highest BCUT2D eigenvalue weighted by atomic mass is 16.5. The van der Waals surface area contributed by atoms with E-state index in [1.165, 1.54) is 0 Å². The number of hydrogen-bond donors (Lipinski definition) is 1. The Labute approximate surface area is 127 Å². The van der Waals surface area contributed by atoms with E-state index in [0.717, 1.165) is 25.7 Å². The molecule has 0 aromatic rings. The van der Waals surface area contributed by atoms with Gasteiger partial charge in [-0.25, -0.2) is 0 Å². The first-order valence-corrected chi connectivity index (χ1v) is 8.28. The van der Waals surface area contributed by atoms with E-state index in [1.807, 2.05) is 6.92 Å². The van der Waals surface area contributed by atoms with Gasteiger partial charge in [0.1, 0.15) is 6.04 Å². The lowest BCUT2D eigenvalue weighted by molar-refractivity contribution is -0.147. The van der Waals surface area contributed by atoms with Crippen LogP contribution in [0, 0.1) is 0 Å². The maximum Gasteiger partial charge on any atom is 0.323 e. The Morgan fingerprint density at radius 2 is 1.95 bits per heavy atom. The van der Waals surface area contributed by atoms with Gasteiger partial charge in [0, 0.05) is 12.6 Å². The van der Waals surface area contributed by atoms with Crippen LogP contribution in [0.3, 0.4) is 0 Å². The van der Waals surface area contributed by atoms with E-state index in [0.29, 0.717) is 25.7 Å². The molecule has 2 aliphatic rings. The molecule has 1 aliphatic carbocycles. The lowest BCUT2D eigenvalue weighted by atomic mass is 10.0. The molecule has 1 heterocycles. The third-order valence-corrected chi connectivity index (χ3v) is 4.00. The molecule has 21 heavy (non-hydrogen) atoms. The van der Waals surface area contributed by atoms with Gasteiger partial charge < -0.3 is 19.5 Å². The molecule has 0 aromatic carbocycles. The summed E-state index contributed by atoms with van der Waals surface area (Å²) in [6, 6.07) is 0.259. The number of carbonyl (C=O) groups is 1. The van der Waals surface area contributed by atoms with Crippen molar-refractivity contribution in [3.05, 3.63) is 0 Å². The minimum atomic E-state index is -0.230.